The van der Waals surface area contributed by atoms with Gasteiger partial charge in [0.15, 0.2) is 0 Å². The Bertz CT molecular complexity index is 466. The van der Waals surface area contributed by atoms with Crippen molar-refractivity contribution in [3.63, 3.8) is 0 Å². The van der Waals surface area contributed by atoms with Crippen molar-refractivity contribution in [1.82, 2.24) is 4.90 Å². The lowest BCUT2D eigenvalue weighted by Crippen LogP contribution is -2.22. The van der Waals surface area contributed by atoms with Crippen molar-refractivity contribution >= 4 is 23.6 Å². The summed E-state index contributed by atoms with van der Waals surface area (Å²) in [4.78, 5) is 2.35. The number of hydrogen-bond donors (Lipinski definition) is 1. The molecule has 0 saturated carbocycles. The van der Waals surface area contributed by atoms with Crippen LogP contribution in [0.15, 0.2) is 34.9 Å². The summed E-state index contributed by atoms with van der Waals surface area (Å²) in [6.45, 7) is 2.18. The van der Waals surface area contributed by atoms with E-state index in [1.54, 1.807) is 0 Å². The zero-order chi connectivity index (χ0) is 12.1. The van der Waals surface area contributed by atoms with Crippen molar-refractivity contribution in [1.29, 1.82) is 0 Å². The first-order valence-corrected chi connectivity index (χ1v) is 6.69. The fraction of sp³-hybridized carbons (Fsp3) is 0.429. The zero-order valence-electron chi connectivity index (χ0n) is 10.2. The molecule has 0 atom stereocenters. The Kier molecular flexibility index (Phi) is 4.51. The maximum absolute atomic E-state index is 5.53. The second kappa shape index (κ2) is 6.12. The van der Waals surface area contributed by atoms with Crippen LogP contribution in [0, 0.1) is 0 Å². The van der Waals surface area contributed by atoms with E-state index < -0.39 is 0 Å². The summed E-state index contributed by atoms with van der Waals surface area (Å²) in [6, 6.07) is 8.21. The molecule has 2 nitrogen and oxygen atoms in total. The summed E-state index contributed by atoms with van der Waals surface area (Å²) >= 11 is 4.23. The summed E-state index contributed by atoms with van der Waals surface area (Å²) in [7, 11) is 2.16. The van der Waals surface area contributed by atoms with E-state index in [4.69, 9.17) is 4.42 Å². The Morgan fingerprint density at radius 2 is 2.06 bits per heavy atom. The highest BCUT2D eigenvalue weighted by atomic mass is 32.1. The van der Waals surface area contributed by atoms with Gasteiger partial charge in [0, 0.05) is 11.9 Å². The smallest absolute Gasteiger partial charge is 0.134 e. The SMILES string of the molecule is CN(CCCS)CCc1coc2ccccc12. The fourth-order valence-electron chi connectivity index (χ4n) is 1.99. The highest BCUT2D eigenvalue weighted by Crippen LogP contribution is 2.21. The van der Waals surface area contributed by atoms with Crippen LogP contribution in [-0.2, 0) is 6.42 Å². The van der Waals surface area contributed by atoms with Gasteiger partial charge in [-0.1, -0.05) is 18.2 Å². The summed E-state index contributed by atoms with van der Waals surface area (Å²) in [5.74, 6) is 0.957. The first-order valence-electron chi connectivity index (χ1n) is 6.06. The lowest BCUT2D eigenvalue weighted by atomic mass is 10.1. The zero-order valence-corrected chi connectivity index (χ0v) is 11.1. The van der Waals surface area contributed by atoms with Crippen molar-refractivity contribution in [2.75, 3.05) is 25.9 Å². The van der Waals surface area contributed by atoms with Crippen LogP contribution >= 0.6 is 12.6 Å². The quantitative estimate of drug-likeness (QED) is 0.791. The molecule has 2 aromatic rings. The minimum absolute atomic E-state index is 0.957. The van der Waals surface area contributed by atoms with Crippen LogP contribution < -0.4 is 0 Å². The fourth-order valence-corrected chi connectivity index (χ4v) is 2.13. The monoisotopic (exact) mass is 249 g/mol. The largest absolute Gasteiger partial charge is 0.464 e. The lowest BCUT2D eigenvalue weighted by molar-refractivity contribution is 0.340. The molecule has 0 unspecified atom stereocenters. The Morgan fingerprint density at radius 1 is 1.24 bits per heavy atom. The van der Waals surface area contributed by atoms with E-state index in [0.29, 0.717) is 0 Å². The van der Waals surface area contributed by atoms with Crippen LogP contribution in [0.5, 0.6) is 0 Å². The normalized spacial score (nSPS) is 11.5. The van der Waals surface area contributed by atoms with Gasteiger partial charge < -0.3 is 9.32 Å². The van der Waals surface area contributed by atoms with Crippen molar-refractivity contribution in [3.8, 4) is 0 Å². The molecule has 2 rings (SSSR count). The van der Waals surface area contributed by atoms with E-state index in [2.05, 4.69) is 36.7 Å². The first kappa shape index (κ1) is 12.5. The molecule has 0 bridgehead atoms. The average molecular weight is 249 g/mol. The topological polar surface area (TPSA) is 16.4 Å². The van der Waals surface area contributed by atoms with Crippen LogP contribution in [0.4, 0.5) is 0 Å². The molecule has 0 aliphatic heterocycles. The van der Waals surface area contributed by atoms with Gasteiger partial charge in [-0.2, -0.15) is 12.6 Å². The lowest BCUT2D eigenvalue weighted by Gasteiger charge is -2.15. The van der Waals surface area contributed by atoms with Crippen LogP contribution in [0.25, 0.3) is 11.0 Å². The van der Waals surface area contributed by atoms with Crippen LogP contribution in [0.3, 0.4) is 0 Å². The number of nitrogens with zero attached hydrogens (tertiary/aromatic N) is 1. The molecular weight excluding hydrogens is 230 g/mol. The predicted octanol–water partition coefficient (Wildman–Crippen LogP) is 3.23. The van der Waals surface area contributed by atoms with Gasteiger partial charge in [-0.3, -0.25) is 0 Å². The molecular formula is C14H19NOS. The van der Waals surface area contributed by atoms with E-state index in [0.717, 1.165) is 37.3 Å². The molecule has 0 aliphatic rings. The molecule has 0 radical (unpaired) electrons. The number of thiol groups is 1. The summed E-state index contributed by atoms with van der Waals surface area (Å²) in [5.41, 5.74) is 2.29. The molecule has 0 N–H and O–H groups in total. The van der Waals surface area contributed by atoms with Crippen molar-refractivity contribution in [2.45, 2.75) is 12.8 Å². The molecule has 0 fully saturated rings. The molecule has 1 heterocycles. The predicted molar refractivity (Wildman–Crippen MR) is 75.9 cm³/mol. The molecule has 0 spiro atoms. The minimum Gasteiger partial charge on any atom is -0.464 e. The second-order valence-electron chi connectivity index (χ2n) is 4.39. The Hall–Kier alpha value is -0.930. The molecule has 0 aliphatic carbocycles. The summed E-state index contributed by atoms with van der Waals surface area (Å²) in [5, 5.41) is 1.25. The van der Waals surface area contributed by atoms with Gasteiger partial charge in [0.25, 0.3) is 0 Å². The van der Waals surface area contributed by atoms with Gasteiger partial charge in [0.1, 0.15) is 5.58 Å². The third-order valence-corrected chi connectivity index (χ3v) is 3.34. The van der Waals surface area contributed by atoms with Gasteiger partial charge in [0.2, 0.25) is 0 Å². The first-order chi connectivity index (χ1) is 8.31. The number of benzene rings is 1. The van der Waals surface area contributed by atoms with Gasteiger partial charge in [-0.15, -0.1) is 0 Å². The molecule has 92 valence electrons. The van der Waals surface area contributed by atoms with Gasteiger partial charge in [-0.05, 0) is 43.8 Å². The molecule has 0 saturated heterocycles. The van der Waals surface area contributed by atoms with E-state index in [9.17, 15) is 0 Å². The van der Waals surface area contributed by atoms with E-state index >= 15 is 0 Å². The third-order valence-electron chi connectivity index (χ3n) is 3.02. The minimum atomic E-state index is 0.957. The Labute approximate surface area is 108 Å². The molecule has 1 aromatic heterocycles. The van der Waals surface area contributed by atoms with E-state index in [1.165, 1.54) is 10.9 Å². The number of fused-ring (bicyclic) bond motifs is 1. The molecule has 17 heavy (non-hydrogen) atoms. The maximum atomic E-state index is 5.53. The van der Waals surface area contributed by atoms with Crippen LogP contribution in [0.2, 0.25) is 0 Å². The number of para-hydroxylation sites is 1. The third kappa shape index (κ3) is 3.27. The Balaban J connectivity index is 1.95. The summed E-state index contributed by atoms with van der Waals surface area (Å²) < 4.78 is 5.53. The van der Waals surface area contributed by atoms with Gasteiger partial charge >= 0.3 is 0 Å². The standard InChI is InChI=1S/C14H19NOS/c1-15(8-4-10-17)9-7-12-11-16-14-6-3-2-5-13(12)14/h2-3,5-6,11,17H,4,7-10H2,1H3. The summed E-state index contributed by atoms with van der Waals surface area (Å²) in [6.07, 6.45) is 4.07. The Morgan fingerprint density at radius 3 is 2.88 bits per heavy atom. The van der Waals surface area contributed by atoms with Crippen molar-refractivity contribution in [3.05, 3.63) is 36.1 Å². The number of furan rings is 1. The average Bonchev–Trinajstić information content (AvgIpc) is 2.77. The van der Waals surface area contributed by atoms with Crippen molar-refractivity contribution in [2.24, 2.45) is 0 Å². The molecule has 1 aromatic carbocycles. The highest BCUT2D eigenvalue weighted by Gasteiger charge is 2.06. The number of hydrogen-bond acceptors (Lipinski definition) is 3. The van der Waals surface area contributed by atoms with Crippen LogP contribution in [-0.4, -0.2) is 30.8 Å². The van der Waals surface area contributed by atoms with E-state index in [-0.39, 0.29) is 0 Å². The van der Waals surface area contributed by atoms with Crippen LogP contribution in [0.1, 0.15) is 12.0 Å². The number of rotatable bonds is 6. The molecule has 3 heteroatoms. The van der Waals surface area contributed by atoms with Crippen molar-refractivity contribution < 1.29 is 4.42 Å². The number of likely N-dealkylation sites (N-methyl/N-ethyl adjacent to an activating group) is 1. The highest BCUT2D eigenvalue weighted by molar-refractivity contribution is 7.80. The van der Waals surface area contributed by atoms with Gasteiger partial charge in [0.05, 0.1) is 6.26 Å². The second-order valence-corrected chi connectivity index (χ2v) is 4.83. The van der Waals surface area contributed by atoms with Gasteiger partial charge in [-0.25, -0.2) is 0 Å². The van der Waals surface area contributed by atoms with E-state index in [1.807, 2.05) is 18.4 Å². The molecule has 0 amide bonds. The maximum Gasteiger partial charge on any atom is 0.134 e.